The molecule has 0 radical (unpaired) electrons. The second kappa shape index (κ2) is 8.09. The van der Waals surface area contributed by atoms with Gasteiger partial charge in [-0.1, -0.05) is 18.5 Å². The zero-order chi connectivity index (χ0) is 21.5. The molecule has 162 valence electrons. The van der Waals surface area contributed by atoms with E-state index in [9.17, 15) is 19.8 Å². The Kier molecular flexibility index (Phi) is 5.65. The van der Waals surface area contributed by atoms with E-state index in [1.165, 1.54) is 6.07 Å². The Morgan fingerprint density at radius 2 is 2.07 bits per heavy atom. The molecular formula is C21H23ClO8. The van der Waals surface area contributed by atoms with E-state index in [1.54, 1.807) is 6.92 Å². The first kappa shape index (κ1) is 21.0. The fourth-order valence-corrected chi connectivity index (χ4v) is 4.29. The fourth-order valence-electron chi connectivity index (χ4n) is 4.10. The molecule has 1 aliphatic carbocycles. The minimum atomic E-state index is -1.77. The van der Waals surface area contributed by atoms with Gasteiger partial charge in [-0.2, -0.15) is 0 Å². The number of aliphatic hydroxyl groups is 1. The van der Waals surface area contributed by atoms with Gasteiger partial charge in [0, 0.05) is 31.1 Å². The third-order valence-corrected chi connectivity index (χ3v) is 6.02. The summed E-state index contributed by atoms with van der Waals surface area (Å²) in [6, 6.07) is 1.23. The number of ether oxygens (including phenoxy) is 4. The normalized spacial score (nSPS) is 28.3. The van der Waals surface area contributed by atoms with Crippen LogP contribution in [0.25, 0.3) is 0 Å². The SMILES string of the molecule is C[C@@H]1CC(=O)C=C(O)[C@@]12Oc1c(Cl)c(O)cc(OCCOC3CCCCO3)c1C2=O. The molecule has 1 saturated heterocycles. The molecule has 2 heterocycles. The molecule has 8 nitrogen and oxygen atoms in total. The summed E-state index contributed by atoms with van der Waals surface area (Å²) in [5.74, 6) is -2.31. The van der Waals surface area contributed by atoms with Crippen LogP contribution in [0.4, 0.5) is 0 Å². The van der Waals surface area contributed by atoms with Crippen molar-refractivity contribution >= 4 is 23.2 Å². The highest BCUT2D eigenvalue weighted by atomic mass is 35.5. The van der Waals surface area contributed by atoms with E-state index in [4.69, 9.17) is 30.5 Å². The van der Waals surface area contributed by atoms with Crippen molar-refractivity contribution in [3.63, 3.8) is 0 Å². The van der Waals surface area contributed by atoms with E-state index in [-0.39, 0.29) is 59.5 Å². The number of benzene rings is 1. The number of carbonyl (C=O) groups is 2. The van der Waals surface area contributed by atoms with Gasteiger partial charge in [0.25, 0.3) is 0 Å². The largest absolute Gasteiger partial charge is 0.507 e. The predicted octanol–water partition coefficient (Wildman–Crippen LogP) is 3.33. The maximum Gasteiger partial charge on any atom is 0.230 e. The van der Waals surface area contributed by atoms with Crippen LogP contribution in [0.5, 0.6) is 17.2 Å². The zero-order valence-corrected chi connectivity index (χ0v) is 17.2. The van der Waals surface area contributed by atoms with Crippen LogP contribution in [0.15, 0.2) is 17.9 Å². The molecule has 3 aliphatic rings. The van der Waals surface area contributed by atoms with E-state index < -0.39 is 23.1 Å². The molecule has 4 rings (SSSR count). The lowest BCUT2D eigenvalue weighted by molar-refractivity contribution is -0.165. The zero-order valence-electron chi connectivity index (χ0n) is 16.5. The van der Waals surface area contributed by atoms with Crippen LogP contribution in [0.2, 0.25) is 5.02 Å². The lowest BCUT2D eigenvalue weighted by Gasteiger charge is -2.34. The maximum absolute atomic E-state index is 13.4. The number of hydrogen-bond acceptors (Lipinski definition) is 8. The molecular weight excluding hydrogens is 416 g/mol. The number of carbonyl (C=O) groups excluding carboxylic acids is 2. The van der Waals surface area contributed by atoms with Gasteiger partial charge in [0.15, 0.2) is 17.8 Å². The van der Waals surface area contributed by atoms with Crippen molar-refractivity contribution in [2.45, 2.75) is 44.5 Å². The molecule has 0 aromatic heterocycles. The minimum Gasteiger partial charge on any atom is -0.507 e. The molecule has 3 atom stereocenters. The Morgan fingerprint density at radius 3 is 2.77 bits per heavy atom. The summed E-state index contributed by atoms with van der Waals surface area (Å²) >= 11 is 6.17. The first-order chi connectivity index (χ1) is 14.3. The lowest BCUT2D eigenvalue weighted by Crippen LogP contribution is -2.51. The van der Waals surface area contributed by atoms with Gasteiger partial charge < -0.3 is 29.2 Å². The smallest absolute Gasteiger partial charge is 0.230 e. The average molecular weight is 439 g/mol. The summed E-state index contributed by atoms with van der Waals surface area (Å²) in [4.78, 5) is 25.1. The Balaban J connectivity index is 1.57. The van der Waals surface area contributed by atoms with Gasteiger partial charge >= 0.3 is 0 Å². The van der Waals surface area contributed by atoms with Crippen molar-refractivity contribution in [2.75, 3.05) is 19.8 Å². The summed E-state index contributed by atoms with van der Waals surface area (Å²) in [5.41, 5.74) is -1.74. The van der Waals surface area contributed by atoms with Gasteiger partial charge in [-0.05, 0) is 19.3 Å². The summed E-state index contributed by atoms with van der Waals surface area (Å²) < 4.78 is 22.6. The molecule has 1 unspecified atom stereocenters. The van der Waals surface area contributed by atoms with Crippen molar-refractivity contribution in [1.29, 1.82) is 0 Å². The standard InChI is InChI=1S/C21H23ClO8/c1-11-8-12(23)9-15(25)21(11)20(26)17-14(10-13(24)18(22)19(17)30-21)27-6-7-29-16-4-2-3-5-28-16/h9-11,16,24-25H,2-8H2,1H3/t11-,16?,21+/m1/s1. The minimum absolute atomic E-state index is 0.0212. The van der Waals surface area contributed by atoms with Crippen molar-refractivity contribution < 1.29 is 38.7 Å². The summed E-state index contributed by atoms with van der Waals surface area (Å²) in [6.45, 7) is 2.62. The number of ketones is 2. The van der Waals surface area contributed by atoms with E-state index >= 15 is 0 Å². The van der Waals surface area contributed by atoms with Gasteiger partial charge in [-0.3, -0.25) is 9.59 Å². The number of aliphatic hydroxyl groups excluding tert-OH is 1. The van der Waals surface area contributed by atoms with Crippen LogP contribution in [0.1, 0.15) is 43.0 Å². The summed E-state index contributed by atoms with van der Waals surface area (Å²) in [5, 5.41) is 20.5. The Bertz CT molecular complexity index is 905. The summed E-state index contributed by atoms with van der Waals surface area (Å²) in [7, 11) is 0. The Morgan fingerprint density at radius 1 is 1.27 bits per heavy atom. The van der Waals surface area contributed by atoms with Crippen LogP contribution in [-0.2, 0) is 14.3 Å². The van der Waals surface area contributed by atoms with Gasteiger partial charge in [-0.25, -0.2) is 0 Å². The van der Waals surface area contributed by atoms with Gasteiger partial charge in [0.05, 0.1) is 6.61 Å². The van der Waals surface area contributed by atoms with E-state index in [0.29, 0.717) is 6.61 Å². The lowest BCUT2D eigenvalue weighted by atomic mass is 9.75. The molecule has 2 aliphatic heterocycles. The maximum atomic E-state index is 13.4. The molecule has 2 N–H and O–H groups in total. The number of allylic oxidation sites excluding steroid dienone is 1. The van der Waals surface area contributed by atoms with Gasteiger partial charge in [-0.15, -0.1) is 0 Å². The monoisotopic (exact) mass is 438 g/mol. The first-order valence-electron chi connectivity index (χ1n) is 9.94. The van der Waals surface area contributed by atoms with Crippen LogP contribution < -0.4 is 9.47 Å². The molecule has 1 aromatic rings. The fraction of sp³-hybridized carbons (Fsp3) is 0.524. The number of phenols is 1. The molecule has 0 amide bonds. The number of Topliss-reactive ketones (excluding diaryl/α,β-unsaturated/α-hetero) is 1. The highest BCUT2D eigenvalue weighted by Gasteiger charge is 2.59. The van der Waals surface area contributed by atoms with Crippen molar-refractivity contribution in [3.05, 3.63) is 28.5 Å². The third-order valence-electron chi connectivity index (χ3n) is 5.66. The Hall–Kier alpha value is -2.29. The number of halogens is 1. The molecule has 1 spiro atoms. The molecule has 30 heavy (non-hydrogen) atoms. The van der Waals surface area contributed by atoms with E-state index in [0.717, 1.165) is 25.3 Å². The molecule has 1 fully saturated rings. The van der Waals surface area contributed by atoms with Crippen LogP contribution in [0, 0.1) is 5.92 Å². The van der Waals surface area contributed by atoms with E-state index in [1.807, 2.05) is 0 Å². The summed E-state index contributed by atoms with van der Waals surface area (Å²) in [6.07, 6.45) is 3.61. The van der Waals surface area contributed by atoms with Crippen molar-refractivity contribution in [1.82, 2.24) is 0 Å². The van der Waals surface area contributed by atoms with Crippen LogP contribution >= 0.6 is 11.6 Å². The molecule has 1 aromatic carbocycles. The van der Waals surface area contributed by atoms with Crippen molar-refractivity contribution in [2.24, 2.45) is 5.92 Å². The van der Waals surface area contributed by atoms with Crippen LogP contribution in [0.3, 0.4) is 0 Å². The number of aromatic hydroxyl groups is 1. The molecule has 9 heteroatoms. The molecule has 0 saturated carbocycles. The third kappa shape index (κ3) is 3.42. The number of hydrogen-bond donors (Lipinski definition) is 2. The van der Waals surface area contributed by atoms with Gasteiger partial charge in [0.1, 0.15) is 34.5 Å². The Labute approximate surface area is 178 Å². The number of phenolic OH excluding ortho intramolecular Hbond substituents is 1. The highest BCUT2D eigenvalue weighted by Crippen LogP contribution is 2.53. The number of fused-ring (bicyclic) bond motifs is 1. The van der Waals surface area contributed by atoms with Crippen molar-refractivity contribution in [3.8, 4) is 17.2 Å². The molecule has 0 bridgehead atoms. The van der Waals surface area contributed by atoms with E-state index in [2.05, 4.69) is 0 Å². The number of rotatable bonds is 5. The predicted molar refractivity (Wildman–Crippen MR) is 105 cm³/mol. The van der Waals surface area contributed by atoms with Gasteiger partial charge in [0.2, 0.25) is 11.4 Å². The van der Waals surface area contributed by atoms with Crippen LogP contribution in [-0.4, -0.2) is 53.5 Å². The highest BCUT2D eigenvalue weighted by molar-refractivity contribution is 6.35. The average Bonchev–Trinajstić information content (AvgIpc) is 3.03. The topological polar surface area (TPSA) is 112 Å². The first-order valence-corrected chi connectivity index (χ1v) is 10.3. The quantitative estimate of drug-likeness (QED) is 0.673. The second-order valence-electron chi connectivity index (χ2n) is 7.70. The second-order valence-corrected chi connectivity index (χ2v) is 8.07.